The van der Waals surface area contributed by atoms with Gasteiger partial charge in [0.25, 0.3) is 10.0 Å². The first kappa shape index (κ1) is 16.2. The van der Waals surface area contributed by atoms with E-state index in [0.29, 0.717) is 0 Å². The highest BCUT2D eigenvalue weighted by Gasteiger charge is 2.19. The van der Waals surface area contributed by atoms with Crippen LogP contribution in [0, 0.1) is 5.82 Å². The zero-order valence-electron chi connectivity index (χ0n) is 10.2. The third-order valence-corrected chi connectivity index (χ3v) is 4.68. The van der Waals surface area contributed by atoms with Gasteiger partial charge in [-0.15, -0.1) is 0 Å². The molecule has 0 aliphatic heterocycles. The van der Waals surface area contributed by atoms with Crippen LogP contribution in [-0.4, -0.2) is 8.42 Å². The van der Waals surface area contributed by atoms with Crippen LogP contribution in [-0.2, 0) is 10.0 Å². The van der Waals surface area contributed by atoms with Gasteiger partial charge in [-0.05, 0) is 30.3 Å². The number of sulfonamides is 1. The zero-order valence-corrected chi connectivity index (χ0v) is 13.3. The molecule has 0 aliphatic carbocycles. The van der Waals surface area contributed by atoms with Crippen molar-refractivity contribution < 1.29 is 12.8 Å². The number of rotatable bonds is 3. The monoisotopic (exact) mass is 368 g/mol. The number of anilines is 2. The average Bonchev–Trinajstić information content (AvgIpc) is 2.37. The average molecular weight is 370 g/mol. The molecule has 4 nitrogen and oxygen atoms in total. The SMILES string of the molecule is Nc1cc(S(=O)(=O)Nc2c(Cl)cc(Cl)cc2Cl)ccc1F. The Labute approximate surface area is 135 Å². The third-order valence-electron chi connectivity index (χ3n) is 2.52. The van der Waals surface area contributed by atoms with Crippen LogP contribution in [0.15, 0.2) is 35.2 Å². The first-order valence-corrected chi connectivity index (χ1v) is 8.05. The van der Waals surface area contributed by atoms with Crippen molar-refractivity contribution in [2.75, 3.05) is 10.5 Å². The lowest BCUT2D eigenvalue weighted by molar-refractivity contribution is 0.600. The lowest BCUT2D eigenvalue weighted by Crippen LogP contribution is -2.14. The molecular formula is C12H8Cl3FN2O2S. The van der Waals surface area contributed by atoms with Crippen LogP contribution in [0.3, 0.4) is 0 Å². The number of nitrogens with one attached hydrogen (secondary N) is 1. The highest BCUT2D eigenvalue weighted by Crippen LogP contribution is 2.35. The molecule has 0 unspecified atom stereocenters. The summed E-state index contributed by atoms with van der Waals surface area (Å²) < 4.78 is 39.7. The Kier molecular flexibility index (Phi) is 4.53. The molecule has 0 atom stereocenters. The molecule has 3 N–H and O–H groups in total. The van der Waals surface area contributed by atoms with Crippen LogP contribution in [0.2, 0.25) is 15.1 Å². The summed E-state index contributed by atoms with van der Waals surface area (Å²) in [6, 6.07) is 5.70. The number of halogens is 4. The van der Waals surface area contributed by atoms with E-state index in [2.05, 4.69) is 4.72 Å². The minimum absolute atomic E-state index is 0.0226. The Morgan fingerprint density at radius 1 is 1.05 bits per heavy atom. The lowest BCUT2D eigenvalue weighted by Gasteiger charge is -2.12. The third kappa shape index (κ3) is 3.52. The maximum Gasteiger partial charge on any atom is 0.262 e. The summed E-state index contributed by atoms with van der Waals surface area (Å²) in [4.78, 5) is -0.219. The van der Waals surface area contributed by atoms with Crippen molar-refractivity contribution in [3.05, 3.63) is 51.2 Å². The van der Waals surface area contributed by atoms with Gasteiger partial charge in [0.1, 0.15) is 5.82 Å². The van der Waals surface area contributed by atoms with Crippen molar-refractivity contribution in [1.82, 2.24) is 0 Å². The Balaban J connectivity index is 2.44. The number of nitrogens with two attached hydrogens (primary N) is 1. The highest BCUT2D eigenvalue weighted by atomic mass is 35.5. The lowest BCUT2D eigenvalue weighted by atomic mass is 10.3. The van der Waals surface area contributed by atoms with E-state index in [9.17, 15) is 12.8 Å². The van der Waals surface area contributed by atoms with Crippen molar-refractivity contribution in [3.63, 3.8) is 0 Å². The van der Waals surface area contributed by atoms with Gasteiger partial charge >= 0.3 is 0 Å². The summed E-state index contributed by atoms with van der Waals surface area (Å²) in [5.41, 5.74) is 5.05. The molecule has 0 heterocycles. The van der Waals surface area contributed by atoms with E-state index in [1.54, 1.807) is 0 Å². The number of hydrogen-bond acceptors (Lipinski definition) is 3. The van der Waals surface area contributed by atoms with Crippen molar-refractivity contribution in [2.24, 2.45) is 0 Å². The Hall–Kier alpha value is -1.21. The second-order valence-corrected chi connectivity index (χ2v) is 6.97. The molecule has 0 aromatic heterocycles. The molecule has 0 spiro atoms. The molecule has 0 bridgehead atoms. The number of benzene rings is 2. The van der Waals surface area contributed by atoms with Crippen LogP contribution in [0.5, 0.6) is 0 Å². The Morgan fingerprint density at radius 2 is 1.62 bits per heavy atom. The standard InChI is InChI=1S/C12H8Cl3FN2O2S/c13-6-3-8(14)12(9(15)4-6)18-21(19,20)7-1-2-10(16)11(17)5-7/h1-5,18H,17H2. The maximum absolute atomic E-state index is 13.1. The summed E-state index contributed by atoms with van der Waals surface area (Å²) in [5.74, 6) is -0.712. The van der Waals surface area contributed by atoms with Gasteiger partial charge in [-0.25, -0.2) is 12.8 Å². The summed E-state index contributed by atoms with van der Waals surface area (Å²) >= 11 is 17.6. The van der Waals surface area contributed by atoms with E-state index >= 15 is 0 Å². The van der Waals surface area contributed by atoms with E-state index in [1.807, 2.05) is 0 Å². The van der Waals surface area contributed by atoms with Crippen LogP contribution >= 0.6 is 34.8 Å². The molecule has 2 aromatic rings. The van der Waals surface area contributed by atoms with Crippen LogP contribution in [0.1, 0.15) is 0 Å². The van der Waals surface area contributed by atoms with Crippen LogP contribution < -0.4 is 10.5 Å². The topological polar surface area (TPSA) is 72.2 Å². The molecule has 2 rings (SSSR count). The van der Waals surface area contributed by atoms with E-state index in [1.165, 1.54) is 12.1 Å². The van der Waals surface area contributed by atoms with E-state index in [-0.39, 0.29) is 31.3 Å². The molecule has 9 heteroatoms. The minimum Gasteiger partial charge on any atom is -0.396 e. The number of nitrogen functional groups attached to an aromatic ring is 1. The van der Waals surface area contributed by atoms with Gasteiger partial charge in [0.2, 0.25) is 0 Å². The minimum atomic E-state index is -4.02. The first-order chi connectivity index (χ1) is 9.70. The predicted octanol–water partition coefficient (Wildman–Crippen LogP) is 4.17. The van der Waals surface area contributed by atoms with Gasteiger partial charge in [-0.1, -0.05) is 34.8 Å². The van der Waals surface area contributed by atoms with Crippen LogP contribution in [0.25, 0.3) is 0 Å². The molecule has 0 amide bonds. The van der Waals surface area contributed by atoms with Gasteiger partial charge in [-0.3, -0.25) is 4.72 Å². The van der Waals surface area contributed by atoms with Gasteiger partial charge in [0.15, 0.2) is 0 Å². The summed E-state index contributed by atoms with van der Waals surface area (Å²) in [6.07, 6.45) is 0. The molecule has 2 aromatic carbocycles. The predicted molar refractivity (Wildman–Crippen MR) is 83.1 cm³/mol. The fraction of sp³-hybridized carbons (Fsp3) is 0. The van der Waals surface area contributed by atoms with Gasteiger partial charge in [0.05, 0.1) is 26.3 Å². The molecule has 0 radical (unpaired) electrons. The summed E-state index contributed by atoms with van der Waals surface area (Å²) in [7, 11) is -4.02. The zero-order chi connectivity index (χ0) is 15.8. The number of hydrogen-bond donors (Lipinski definition) is 2. The van der Waals surface area contributed by atoms with E-state index in [4.69, 9.17) is 40.5 Å². The summed E-state index contributed by atoms with van der Waals surface area (Å²) in [5, 5.41) is 0.330. The van der Waals surface area contributed by atoms with E-state index < -0.39 is 15.8 Å². The molecule has 112 valence electrons. The largest absolute Gasteiger partial charge is 0.396 e. The Bertz CT molecular complexity index is 789. The van der Waals surface area contributed by atoms with Crippen molar-refractivity contribution >= 4 is 56.2 Å². The van der Waals surface area contributed by atoms with Crippen molar-refractivity contribution in [1.29, 1.82) is 0 Å². The van der Waals surface area contributed by atoms with Gasteiger partial charge < -0.3 is 5.73 Å². The fourth-order valence-electron chi connectivity index (χ4n) is 1.52. The maximum atomic E-state index is 13.1. The van der Waals surface area contributed by atoms with Crippen LogP contribution in [0.4, 0.5) is 15.8 Å². The molecular weight excluding hydrogens is 362 g/mol. The molecule has 0 saturated heterocycles. The second-order valence-electron chi connectivity index (χ2n) is 4.03. The quantitative estimate of drug-likeness (QED) is 0.798. The van der Waals surface area contributed by atoms with Crippen molar-refractivity contribution in [3.8, 4) is 0 Å². The van der Waals surface area contributed by atoms with Crippen molar-refractivity contribution in [2.45, 2.75) is 4.90 Å². The Morgan fingerprint density at radius 3 is 2.14 bits per heavy atom. The summed E-state index contributed by atoms with van der Waals surface area (Å²) in [6.45, 7) is 0. The van der Waals surface area contributed by atoms with E-state index in [0.717, 1.165) is 18.2 Å². The first-order valence-electron chi connectivity index (χ1n) is 5.43. The molecule has 0 fully saturated rings. The van der Waals surface area contributed by atoms with Gasteiger partial charge in [-0.2, -0.15) is 0 Å². The fourth-order valence-corrected chi connectivity index (χ4v) is 3.68. The molecule has 0 aliphatic rings. The second kappa shape index (κ2) is 5.88. The normalized spacial score (nSPS) is 11.4. The molecule has 0 saturated carbocycles. The highest BCUT2D eigenvalue weighted by molar-refractivity contribution is 7.92. The smallest absolute Gasteiger partial charge is 0.262 e. The molecule has 21 heavy (non-hydrogen) atoms. The van der Waals surface area contributed by atoms with Gasteiger partial charge in [0, 0.05) is 5.02 Å².